The Bertz CT molecular complexity index is 727. The second-order valence-electron chi connectivity index (χ2n) is 4.83. The van der Waals surface area contributed by atoms with E-state index >= 15 is 0 Å². The summed E-state index contributed by atoms with van der Waals surface area (Å²) >= 11 is 0. The third-order valence-electron chi connectivity index (χ3n) is 3.41. The molecule has 5 heteroatoms. The lowest BCUT2D eigenvalue weighted by Crippen LogP contribution is -2.28. The van der Waals surface area contributed by atoms with E-state index in [1.807, 2.05) is 0 Å². The Hall–Kier alpha value is -2.66. The lowest BCUT2D eigenvalue weighted by atomic mass is 10.1. The highest BCUT2D eigenvalue weighted by Crippen LogP contribution is 2.38. The summed E-state index contributed by atoms with van der Waals surface area (Å²) in [6, 6.07) is 13.8. The zero-order valence-corrected chi connectivity index (χ0v) is 11.4. The summed E-state index contributed by atoms with van der Waals surface area (Å²) in [4.78, 5) is 25.1. The van der Waals surface area contributed by atoms with Crippen molar-refractivity contribution in [1.29, 1.82) is 0 Å². The van der Waals surface area contributed by atoms with E-state index in [0.29, 0.717) is 22.5 Å². The predicted octanol–water partition coefficient (Wildman–Crippen LogP) is 2.30. The van der Waals surface area contributed by atoms with Crippen LogP contribution in [0.2, 0.25) is 0 Å². The first-order valence-electron chi connectivity index (χ1n) is 6.57. The third kappa shape index (κ3) is 2.17. The Balaban J connectivity index is 2.07. The monoisotopic (exact) mass is 282 g/mol. The van der Waals surface area contributed by atoms with Crippen molar-refractivity contribution in [2.75, 3.05) is 10.2 Å². The minimum atomic E-state index is -1.05. The molecule has 0 aliphatic carbocycles. The van der Waals surface area contributed by atoms with Gasteiger partial charge in [0.15, 0.2) is 6.23 Å². The average molecular weight is 282 g/mol. The number of carbonyl (C=O) groups is 2. The van der Waals surface area contributed by atoms with E-state index < -0.39 is 6.23 Å². The van der Waals surface area contributed by atoms with Crippen LogP contribution in [-0.2, 0) is 4.79 Å². The fourth-order valence-corrected chi connectivity index (χ4v) is 2.52. The third-order valence-corrected chi connectivity index (χ3v) is 3.41. The first kappa shape index (κ1) is 13.3. The van der Waals surface area contributed by atoms with Gasteiger partial charge in [0.2, 0.25) is 5.91 Å². The van der Waals surface area contributed by atoms with Crippen LogP contribution >= 0.6 is 0 Å². The lowest BCUT2D eigenvalue weighted by Gasteiger charge is -2.23. The molecule has 2 N–H and O–H groups in total. The van der Waals surface area contributed by atoms with Gasteiger partial charge in [0.25, 0.3) is 5.91 Å². The lowest BCUT2D eigenvalue weighted by molar-refractivity contribution is -0.114. The fraction of sp³-hybridized carbons (Fsp3) is 0.125. The van der Waals surface area contributed by atoms with Crippen LogP contribution in [0.3, 0.4) is 0 Å². The van der Waals surface area contributed by atoms with E-state index in [9.17, 15) is 14.7 Å². The van der Waals surface area contributed by atoms with E-state index in [1.54, 1.807) is 48.5 Å². The van der Waals surface area contributed by atoms with Crippen molar-refractivity contribution < 1.29 is 14.7 Å². The number of hydrogen-bond acceptors (Lipinski definition) is 3. The minimum Gasteiger partial charge on any atom is -0.369 e. The van der Waals surface area contributed by atoms with Crippen molar-refractivity contribution in [1.82, 2.24) is 0 Å². The summed E-state index contributed by atoms with van der Waals surface area (Å²) in [7, 11) is 0. The molecule has 21 heavy (non-hydrogen) atoms. The number of anilines is 2. The van der Waals surface area contributed by atoms with E-state index in [0.717, 1.165) is 0 Å². The summed E-state index contributed by atoms with van der Waals surface area (Å²) < 4.78 is 0. The molecule has 2 aromatic carbocycles. The molecule has 1 unspecified atom stereocenters. The molecule has 0 radical (unpaired) electrons. The van der Waals surface area contributed by atoms with Crippen LogP contribution < -0.4 is 10.2 Å². The first-order chi connectivity index (χ1) is 10.1. The molecule has 1 aliphatic rings. The molecule has 3 rings (SSSR count). The quantitative estimate of drug-likeness (QED) is 0.888. The van der Waals surface area contributed by atoms with Crippen LogP contribution in [0, 0.1) is 0 Å². The Labute approximate surface area is 121 Å². The number of hydrogen-bond donors (Lipinski definition) is 2. The van der Waals surface area contributed by atoms with Crippen LogP contribution in [0.25, 0.3) is 0 Å². The maximum atomic E-state index is 12.5. The molecule has 1 heterocycles. The van der Waals surface area contributed by atoms with Crippen LogP contribution in [0.4, 0.5) is 11.4 Å². The summed E-state index contributed by atoms with van der Waals surface area (Å²) in [5.74, 6) is -0.517. The Morgan fingerprint density at radius 1 is 1.14 bits per heavy atom. The topological polar surface area (TPSA) is 69.6 Å². The Kier molecular flexibility index (Phi) is 3.19. The second-order valence-corrected chi connectivity index (χ2v) is 4.83. The van der Waals surface area contributed by atoms with Crippen molar-refractivity contribution in [3.05, 3.63) is 59.7 Å². The van der Waals surface area contributed by atoms with Gasteiger partial charge in [-0.1, -0.05) is 30.3 Å². The van der Waals surface area contributed by atoms with Gasteiger partial charge in [-0.25, -0.2) is 0 Å². The van der Waals surface area contributed by atoms with E-state index in [1.165, 1.54) is 11.8 Å². The molecule has 0 fully saturated rings. The molecule has 106 valence electrons. The highest BCUT2D eigenvalue weighted by Gasteiger charge is 2.37. The average Bonchev–Trinajstić information content (AvgIpc) is 2.72. The number of aliphatic hydroxyl groups is 1. The highest BCUT2D eigenvalue weighted by molar-refractivity contribution is 6.12. The largest absolute Gasteiger partial charge is 0.369 e. The fourth-order valence-electron chi connectivity index (χ4n) is 2.52. The van der Waals surface area contributed by atoms with Crippen molar-refractivity contribution in [3.63, 3.8) is 0 Å². The number of benzene rings is 2. The van der Waals surface area contributed by atoms with Gasteiger partial charge >= 0.3 is 0 Å². The SMILES string of the molecule is CC(=O)Nc1ccccc1N1C(=O)c2ccccc2C1O. The number of aliphatic hydroxyl groups excluding tert-OH is 1. The Morgan fingerprint density at radius 3 is 2.52 bits per heavy atom. The second kappa shape index (κ2) is 5.03. The summed E-state index contributed by atoms with van der Waals surface area (Å²) in [6.45, 7) is 1.40. The number of nitrogens with one attached hydrogen (secondary N) is 1. The molecule has 0 spiro atoms. The maximum Gasteiger partial charge on any atom is 0.261 e. The van der Waals surface area contributed by atoms with Crippen LogP contribution in [-0.4, -0.2) is 16.9 Å². The normalized spacial score (nSPS) is 16.8. The highest BCUT2D eigenvalue weighted by atomic mass is 16.3. The molecule has 0 aromatic heterocycles. The minimum absolute atomic E-state index is 0.235. The zero-order chi connectivity index (χ0) is 15.0. The molecule has 0 saturated heterocycles. The predicted molar refractivity (Wildman–Crippen MR) is 79.0 cm³/mol. The number of rotatable bonds is 2. The maximum absolute atomic E-state index is 12.5. The van der Waals surface area contributed by atoms with Crippen LogP contribution in [0.5, 0.6) is 0 Å². The standard InChI is InChI=1S/C16H14N2O3/c1-10(19)17-13-8-4-5-9-14(13)18-15(20)11-6-2-3-7-12(11)16(18)21/h2-9,15,20H,1H3,(H,17,19). The summed E-state index contributed by atoms with van der Waals surface area (Å²) in [5.41, 5.74) is 2.01. The van der Waals surface area contributed by atoms with Gasteiger partial charge in [-0.05, 0) is 18.2 Å². The van der Waals surface area contributed by atoms with Gasteiger partial charge < -0.3 is 10.4 Å². The van der Waals surface area contributed by atoms with Gasteiger partial charge in [0.05, 0.1) is 11.4 Å². The Morgan fingerprint density at radius 2 is 1.81 bits per heavy atom. The number of fused-ring (bicyclic) bond motifs is 1. The number of amides is 2. The van der Waals surface area contributed by atoms with Gasteiger partial charge in [-0.3, -0.25) is 14.5 Å². The van der Waals surface area contributed by atoms with Crippen molar-refractivity contribution in [3.8, 4) is 0 Å². The summed E-state index contributed by atoms with van der Waals surface area (Å²) in [6.07, 6.45) is -1.05. The number of carbonyl (C=O) groups excluding carboxylic acids is 2. The number of para-hydroxylation sites is 2. The molecular weight excluding hydrogens is 268 g/mol. The molecule has 1 atom stereocenters. The zero-order valence-electron chi connectivity index (χ0n) is 11.4. The molecule has 0 bridgehead atoms. The van der Waals surface area contributed by atoms with Gasteiger partial charge in [-0.15, -0.1) is 0 Å². The van der Waals surface area contributed by atoms with Crippen molar-refractivity contribution in [2.24, 2.45) is 0 Å². The summed E-state index contributed by atoms with van der Waals surface area (Å²) in [5, 5.41) is 13.1. The van der Waals surface area contributed by atoms with E-state index in [2.05, 4.69) is 5.32 Å². The van der Waals surface area contributed by atoms with Crippen molar-refractivity contribution >= 4 is 23.2 Å². The van der Waals surface area contributed by atoms with Gasteiger partial charge in [0.1, 0.15) is 0 Å². The van der Waals surface area contributed by atoms with E-state index in [-0.39, 0.29) is 11.8 Å². The molecule has 5 nitrogen and oxygen atoms in total. The van der Waals surface area contributed by atoms with Gasteiger partial charge in [-0.2, -0.15) is 0 Å². The molecule has 1 aliphatic heterocycles. The van der Waals surface area contributed by atoms with Crippen LogP contribution in [0.15, 0.2) is 48.5 Å². The van der Waals surface area contributed by atoms with E-state index in [4.69, 9.17) is 0 Å². The molecular formula is C16H14N2O3. The van der Waals surface area contributed by atoms with Crippen LogP contribution in [0.1, 0.15) is 29.1 Å². The molecule has 2 amide bonds. The smallest absolute Gasteiger partial charge is 0.261 e. The molecule has 2 aromatic rings. The van der Waals surface area contributed by atoms with Crippen molar-refractivity contribution in [2.45, 2.75) is 13.2 Å². The molecule has 0 saturated carbocycles. The number of nitrogens with zero attached hydrogens (tertiary/aromatic N) is 1. The van der Waals surface area contributed by atoms with Gasteiger partial charge in [0, 0.05) is 18.1 Å². The first-order valence-corrected chi connectivity index (χ1v) is 6.57.